The minimum atomic E-state index is -0.925. The Bertz CT molecular complexity index is 409. The minimum Gasteiger partial charge on any atom is -0.494 e. The van der Waals surface area contributed by atoms with Crippen molar-refractivity contribution in [1.29, 1.82) is 0 Å². The molecule has 0 amide bonds. The van der Waals surface area contributed by atoms with E-state index in [-0.39, 0.29) is 11.8 Å². The van der Waals surface area contributed by atoms with Gasteiger partial charge in [0.2, 0.25) is 0 Å². The summed E-state index contributed by atoms with van der Waals surface area (Å²) >= 11 is 0. The van der Waals surface area contributed by atoms with Crippen molar-refractivity contribution in [2.45, 2.75) is 25.9 Å². The van der Waals surface area contributed by atoms with Gasteiger partial charge in [-0.25, -0.2) is 4.39 Å². The molecule has 5 heteroatoms. The molecule has 94 valence electrons. The molecule has 0 saturated heterocycles. The van der Waals surface area contributed by atoms with E-state index in [1.807, 2.05) is 6.92 Å². The number of methoxy groups -OCH3 is 1. The third-order valence-corrected chi connectivity index (χ3v) is 2.55. The number of carboxylic acids is 1. The lowest BCUT2D eigenvalue weighted by molar-refractivity contribution is -0.139. The molecule has 0 aromatic heterocycles. The maximum absolute atomic E-state index is 13.2. The highest BCUT2D eigenvalue weighted by atomic mass is 19.1. The fourth-order valence-corrected chi connectivity index (χ4v) is 1.49. The number of carbonyl (C=O) groups is 1. The van der Waals surface area contributed by atoms with E-state index in [1.54, 1.807) is 19.1 Å². The lowest BCUT2D eigenvalue weighted by atomic mass is 10.1. The predicted octanol–water partition coefficient (Wildman–Crippen LogP) is 1.96. The number of benzene rings is 1. The fraction of sp³-hybridized carbons (Fsp3) is 0.417. The average Bonchev–Trinajstić information content (AvgIpc) is 2.29. The maximum Gasteiger partial charge on any atom is 0.320 e. The number of carboxylic acid groups (broad SMARTS) is 1. The standard InChI is InChI=1S/C12H16FNO3/c1-7(14-8(2)12(15)16)9-4-5-10(13)11(6-9)17-3/h4-8,14H,1-3H3,(H,15,16). The van der Waals surface area contributed by atoms with Crippen LogP contribution in [-0.2, 0) is 4.79 Å². The van der Waals surface area contributed by atoms with Crippen LogP contribution in [0.3, 0.4) is 0 Å². The van der Waals surface area contributed by atoms with E-state index in [9.17, 15) is 9.18 Å². The van der Waals surface area contributed by atoms with E-state index in [2.05, 4.69) is 5.32 Å². The van der Waals surface area contributed by atoms with Gasteiger partial charge in [-0.15, -0.1) is 0 Å². The lowest BCUT2D eigenvalue weighted by Gasteiger charge is -2.18. The van der Waals surface area contributed by atoms with Gasteiger partial charge in [0, 0.05) is 6.04 Å². The van der Waals surface area contributed by atoms with E-state index in [0.717, 1.165) is 5.56 Å². The van der Waals surface area contributed by atoms with Gasteiger partial charge in [-0.05, 0) is 31.5 Å². The first-order valence-electron chi connectivity index (χ1n) is 5.28. The molecule has 0 bridgehead atoms. The molecular weight excluding hydrogens is 225 g/mol. The van der Waals surface area contributed by atoms with Gasteiger partial charge in [0.1, 0.15) is 6.04 Å². The van der Waals surface area contributed by atoms with Crippen molar-refractivity contribution in [3.63, 3.8) is 0 Å². The molecule has 0 heterocycles. The van der Waals surface area contributed by atoms with Gasteiger partial charge in [0.05, 0.1) is 7.11 Å². The monoisotopic (exact) mass is 241 g/mol. The van der Waals surface area contributed by atoms with E-state index in [4.69, 9.17) is 9.84 Å². The highest BCUT2D eigenvalue weighted by Crippen LogP contribution is 2.22. The van der Waals surface area contributed by atoms with Gasteiger partial charge >= 0.3 is 5.97 Å². The van der Waals surface area contributed by atoms with Crippen molar-refractivity contribution in [3.05, 3.63) is 29.6 Å². The molecule has 2 N–H and O–H groups in total. The van der Waals surface area contributed by atoms with Gasteiger partial charge in [-0.3, -0.25) is 10.1 Å². The van der Waals surface area contributed by atoms with Crippen LogP contribution in [-0.4, -0.2) is 24.2 Å². The number of ether oxygens (including phenoxy) is 1. The zero-order chi connectivity index (χ0) is 13.0. The quantitative estimate of drug-likeness (QED) is 0.827. The molecule has 0 saturated carbocycles. The van der Waals surface area contributed by atoms with Gasteiger partial charge < -0.3 is 9.84 Å². The SMILES string of the molecule is COc1cc(C(C)NC(C)C(=O)O)ccc1F. The van der Waals surface area contributed by atoms with Crippen LogP contribution in [0, 0.1) is 5.82 Å². The van der Waals surface area contributed by atoms with Crippen LogP contribution in [0.4, 0.5) is 4.39 Å². The second kappa shape index (κ2) is 5.63. The summed E-state index contributed by atoms with van der Waals surface area (Å²) in [5, 5.41) is 11.7. The van der Waals surface area contributed by atoms with E-state index in [1.165, 1.54) is 13.2 Å². The van der Waals surface area contributed by atoms with Gasteiger partial charge in [0.15, 0.2) is 11.6 Å². The molecule has 0 fully saturated rings. The van der Waals surface area contributed by atoms with Crippen molar-refractivity contribution in [2.75, 3.05) is 7.11 Å². The molecular formula is C12H16FNO3. The molecule has 1 rings (SSSR count). The number of rotatable bonds is 5. The first-order valence-corrected chi connectivity index (χ1v) is 5.28. The Morgan fingerprint density at radius 3 is 2.65 bits per heavy atom. The van der Waals surface area contributed by atoms with Crippen LogP contribution in [0.25, 0.3) is 0 Å². The second-order valence-corrected chi connectivity index (χ2v) is 3.84. The van der Waals surface area contributed by atoms with Crippen LogP contribution >= 0.6 is 0 Å². The Labute approximate surface area is 99.4 Å². The molecule has 0 aliphatic carbocycles. The van der Waals surface area contributed by atoms with Crippen molar-refractivity contribution >= 4 is 5.97 Å². The zero-order valence-corrected chi connectivity index (χ0v) is 10.0. The molecule has 1 aromatic carbocycles. The molecule has 4 nitrogen and oxygen atoms in total. The van der Waals surface area contributed by atoms with Crippen LogP contribution < -0.4 is 10.1 Å². The zero-order valence-electron chi connectivity index (χ0n) is 10.0. The van der Waals surface area contributed by atoms with Crippen LogP contribution in [0.2, 0.25) is 0 Å². The fourth-order valence-electron chi connectivity index (χ4n) is 1.49. The first kappa shape index (κ1) is 13.4. The minimum absolute atomic E-state index is 0.152. The maximum atomic E-state index is 13.2. The summed E-state index contributed by atoms with van der Waals surface area (Å²) in [5.74, 6) is -1.21. The molecule has 0 radical (unpaired) electrons. The lowest BCUT2D eigenvalue weighted by Crippen LogP contribution is -2.35. The van der Waals surface area contributed by atoms with E-state index in [0.29, 0.717) is 0 Å². The van der Waals surface area contributed by atoms with Crippen molar-refractivity contribution in [3.8, 4) is 5.75 Å². The number of nitrogens with one attached hydrogen (secondary N) is 1. The summed E-state index contributed by atoms with van der Waals surface area (Å²) in [7, 11) is 1.39. The molecule has 2 atom stereocenters. The predicted molar refractivity (Wildman–Crippen MR) is 61.6 cm³/mol. The van der Waals surface area contributed by atoms with Crippen molar-refractivity contribution < 1.29 is 19.0 Å². The van der Waals surface area contributed by atoms with Gasteiger partial charge in [-0.1, -0.05) is 6.07 Å². The Morgan fingerprint density at radius 1 is 1.47 bits per heavy atom. The topological polar surface area (TPSA) is 58.6 Å². The largest absolute Gasteiger partial charge is 0.494 e. The summed E-state index contributed by atoms with van der Waals surface area (Å²) in [6.45, 7) is 3.37. The molecule has 1 aromatic rings. The third kappa shape index (κ3) is 3.42. The van der Waals surface area contributed by atoms with Crippen LogP contribution in [0.1, 0.15) is 25.5 Å². The van der Waals surface area contributed by atoms with Crippen LogP contribution in [0.15, 0.2) is 18.2 Å². The second-order valence-electron chi connectivity index (χ2n) is 3.84. The molecule has 0 spiro atoms. The number of hydrogen-bond donors (Lipinski definition) is 2. The smallest absolute Gasteiger partial charge is 0.320 e. The average molecular weight is 241 g/mol. The van der Waals surface area contributed by atoms with Crippen LogP contribution in [0.5, 0.6) is 5.75 Å². The Kier molecular flexibility index (Phi) is 4.45. The van der Waals surface area contributed by atoms with Gasteiger partial charge in [-0.2, -0.15) is 0 Å². The number of aliphatic carboxylic acids is 1. The summed E-state index contributed by atoms with van der Waals surface area (Å²) in [6, 6.07) is 3.60. The van der Waals surface area contributed by atoms with Gasteiger partial charge in [0.25, 0.3) is 0 Å². The summed E-state index contributed by atoms with van der Waals surface area (Å²) in [5.41, 5.74) is 0.774. The molecule has 0 aliphatic heterocycles. The Hall–Kier alpha value is -1.62. The third-order valence-electron chi connectivity index (χ3n) is 2.55. The molecule has 2 unspecified atom stereocenters. The van der Waals surface area contributed by atoms with E-state index >= 15 is 0 Å². The highest BCUT2D eigenvalue weighted by Gasteiger charge is 2.16. The molecule has 0 aliphatic rings. The number of hydrogen-bond acceptors (Lipinski definition) is 3. The summed E-state index contributed by atoms with van der Waals surface area (Å²) < 4.78 is 18.1. The van der Waals surface area contributed by atoms with E-state index < -0.39 is 17.8 Å². The van der Waals surface area contributed by atoms with Crippen molar-refractivity contribution in [2.24, 2.45) is 0 Å². The van der Waals surface area contributed by atoms with Crippen molar-refractivity contribution in [1.82, 2.24) is 5.32 Å². The first-order chi connectivity index (χ1) is 7.95. The normalized spacial score (nSPS) is 14.1. The summed E-state index contributed by atoms with van der Waals surface area (Å²) in [4.78, 5) is 10.7. The highest BCUT2D eigenvalue weighted by molar-refractivity contribution is 5.72. The Morgan fingerprint density at radius 2 is 2.12 bits per heavy atom. The Balaban J connectivity index is 2.82. The number of halogens is 1. The molecule has 17 heavy (non-hydrogen) atoms. The summed E-state index contributed by atoms with van der Waals surface area (Å²) in [6.07, 6.45) is 0.